The van der Waals surface area contributed by atoms with Crippen molar-refractivity contribution in [2.75, 3.05) is 13.2 Å². The minimum Gasteiger partial charge on any atom is -0.462 e. The summed E-state index contributed by atoms with van der Waals surface area (Å²) in [4.78, 5) is 51.7. The zero-order chi connectivity index (χ0) is 31.1. The van der Waals surface area contributed by atoms with Crippen molar-refractivity contribution in [3.63, 3.8) is 0 Å². The third kappa shape index (κ3) is 6.72. The fourth-order valence-corrected chi connectivity index (χ4v) is 5.00. The summed E-state index contributed by atoms with van der Waals surface area (Å²) in [5.41, 5.74) is 3.60. The number of carbonyl (C=O) groups excluding carboxylic acids is 4. The van der Waals surface area contributed by atoms with Gasteiger partial charge in [0.2, 0.25) is 0 Å². The number of hydrogen-bond donors (Lipinski definition) is 1. The molecule has 4 rings (SSSR count). The van der Waals surface area contributed by atoms with Crippen molar-refractivity contribution in [3.05, 3.63) is 107 Å². The Hall–Kier alpha value is -5.05. The summed E-state index contributed by atoms with van der Waals surface area (Å²) in [5.74, 6) is -2.13. The van der Waals surface area contributed by atoms with Gasteiger partial charge in [-0.25, -0.2) is 14.0 Å². The second kappa shape index (κ2) is 13.7. The molecule has 1 amide bonds. The van der Waals surface area contributed by atoms with Crippen LogP contribution in [-0.4, -0.2) is 41.9 Å². The maximum atomic E-state index is 14.1. The first-order valence-corrected chi connectivity index (χ1v) is 14.0. The largest absolute Gasteiger partial charge is 0.462 e. The summed E-state index contributed by atoms with van der Waals surface area (Å²) in [7, 11) is 0. The average molecular weight is 585 g/mol. The second-order valence-corrected chi connectivity index (χ2v) is 9.98. The van der Waals surface area contributed by atoms with Gasteiger partial charge in [0.15, 0.2) is 6.29 Å². The molecule has 0 unspecified atom stereocenters. The van der Waals surface area contributed by atoms with Gasteiger partial charge in [0.25, 0.3) is 5.91 Å². The molecule has 0 bridgehead atoms. The topological polar surface area (TPSA) is 104 Å². The highest BCUT2D eigenvalue weighted by atomic mass is 19.1. The smallest absolute Gasteiger partial charge is 0.338 e. The lowest BCUT2D eigenvalue weighted by molar-refractivity contribution is 0.0524. The molecule has 0 atom stereocenters. The van der Waals surface area contributed by atoms with E-state index in [4.69, 9.17) is 9.47 Å². The number of carbonyl (C=O) groups is 4. The Morgan fingerprint density at radius 3 is 1.91 bits per heavy atom. The Balaban J connectivity index is 1.83. The number of benzene rings is 3. The number of ether oxygens (including phenoxy) is 2. The van der Waals surface area contributed by atoms with Crippen molar-refractivity contribution >= 4 is 24.1 Å². The molecule has 0 aliphatic carbocycles. The highest BCUT2D eigenvalue weighted by Crippen LogP contribution is 2.41. The van der Waals surface area contributed by atoms with Gasteiger partial charge in [0, 0.05) is 23.7 Å². The van der Waals surface area contributed by atoms with Gasteiger partial charge in [-0.3, -0.25) is 9.59 Å². The highest BCUT2D eigenvalue weighted by molar-refractivity contribution is 6.08. The molecule has 0 saturated carbocycles. The van der Waals surface area contributed by atoms with Gasteiger partial charge in [0.05, 0.1) is 30.0 Å². The molecule has 1 aromatic heterocycles. The Morgan fingerprint density at radius 1 is 0.837 bits per heavy atom. The van der Waals surface area contributed by atoms with Crippen molar-refractivity contribution < 1.29 is 33.0 Å². The third-order valence-corrected chi connectivity index (χ3v) is 6.75. The van der Waals surface area contributed by atoms with Crippen molar-refractivity contribution in [1.82, 2.24) is 9.88 Å². The molecule has 222 valence electrons. The summed E-state index contributed by atoms with van der Waals surface area (Å²) in [6.07, 6.45) is 0.705. The van der Waals surface area contributed by atoms with Crippen LogP contribution in [0.25, 0.3) is 22.3 Å². The van der Waals surface area contributed by atoms with E-state index in [9.17, 15) is 23.6 Å². The molecule has 0 radical (unpaired) electrons. The summed E-state index contributed by atoms with van der Waals surface area (Å²) in [6.45, 7) is 7.34. The second-order valence-electron chi connectivity index (χ2n) is 9.98. The van der Waals surface area contributed by atoms with Gasteiger partial charge >= 0.3 is 11.9 Å². The Morgan fingerprint density at radius 2 is 1.40 bits per heavy atom. The van der Waals surface area contributed by atoms with E-state index in [1.54, 1.807) is 42.7 Å². The molecule has 4 aromatic rings. The Labute approximate surface area is 249 Å². The van der Waals surface area contributed by atoms with Gasteiger partial charge in [-0.2, -0.15) is 0 Å². The number of nitrogens with zero attached hydrogens (tertiary/aromatic N) is 1. The van der Waals surface area contributed by atoms with Gasteiger partial charge in [0.1, 0.15) is 11.5 Å². The Kier molecular flexibility index (Phi) is 9.87. The molecule has 9 heteroatoms. The van der Waals surface area contributed by atoms with Crippen LogP contribution in [0, 0.1) is 5.82 Å². The van der Waals surface area contributed by atoms with Crippen molar-refractivity contribution in [1.29, 1.82) is 0 Å². The van der Waals surface area contributed by atoms with Crippen LogP contribution >= 0.6 is 0 Å². The molecular formula is C34H33FN2O6. The van der Waals surface area contributed by atoms with Crippen LogP contribution in [0.4, 0.5) is 4.39 Å². The van der Waals surface area contributed by atoms with Gasteiger partial charge < -0.3 is 19.4 Å². The van der Waals surface area contributed by atoms with Crippen LogP contribution in [0.3, 0.4) is 0 Å². The molecule has 0 aliphatic heterocycles. The lowest BCUT2D eigenvalue weighted by Crippen LogP contribution is -2.27. The lowest BCUT2D eigenvalue weighted by atomic mass is 9.94. The molecule has 0 spiro atoms. The van der Waals surface area contributed by atoms with E-state index in [1.165, 1.54) is 18.2 Å². The summed E-state index contributed by atoms with van der Waals surface area (Å²) in [6, 6.07) is 19.1. The molecule has 1 N–H and O–H groups in total. The predicted octanol–water partition coefficient (Wildman–Crippen LogP) is 6.64. The zero-order valence-electron chi connectivity index (χ0n) is 24.5. The number of aldehydes is 1. The average Bonchev–Trinajstić information content (AvgIpc) is 3.36. The van der Waals surface area contributed by atoms with Crippen molar-refractivity contribution in [2.24, 2.45) is 0 Å². The number of esters is 2. The first kappa shape index (κ1) is 30.9. The number of hydrogen-bond acceptors (Lipinski definition) is 6. The Bertz CT molecular complexity index is 1610. The summed E-state index contributed by atoms with van der Waals surface area (Å²) < 4.78 is 25.8. The highest BCUT2D eigenvalue weighted by Gasteiger charge is 2.30. The number of halogens is 1. The summed E-state index contributed by atoms with van der Waals surface area (Å²) >= 11 is 0. The van der Waals surface area contributed by atoms with E-state index in [0.717, 1.165) is 0 Å². The number of nitrogens with one attached hydrogen (secondary N) is 1. The van der Waals surface area contributed by atoms with E-state index in [-0.39, 0.29) is 48.3 Å². The van der Waals surface area contributed by atoms with E-state index in [2.05, 4.69) is 5.32 Å². The van der Waals surface area contributed by atoms with Gasteiger partial charge in [-0.1, -0.05) is 42.5 Å². The monoisotopic (exact) mass is 584 g/mol. The predicted molar refractivity (Wildman–Crippen MR) is 161 cm³/mol. The zero-order valence-corrected chi connectivity index (χ0v) is 24.5. The van der Waals surface area contributed by atoms with E-state index in [0.29, 0.717) is 34.1 Å². The molecule has 1 heterocycles. The van der Waals surface area contributed by atoms with Crippen LogP contribution in [0.15, 0.2) is 72.8 Å². The molecule has 43 heavy (non-hydrogen) atoms. The maximum absolute atomic E-state index is 14.1. The third-order valence-electron chi connectivity index (χ3n) is 6.75. The SMILES string of the molecule is CCOC(=O)c1cc(CNC(=O)c2c(-c3ccccc3)c(-c3ccc(F)cc3)c(C=O)n2C(C)C)cc(C(=O)OCC)c1. The summed E-state index contributed by atoms with van der Waals surface area (Å²) in [5, 5.41) is 2.90. The fraction of sp³-hybridized carbons (Fsp3) is 0.235. The van der Waals surface area contributed by atoms with E-state index in [1.807, 2.05) is 44.2 Å². The number of aromatic nitrogens is 1. The minimum atomic E-state index is -0.610. The molecule has 0 fully saturated rings. The van der Waals surface area contributed by atoms with E-state index >= 15 is 0 Å². The van der Waals surface area contributed by atoms with Gasteiger partial charge in [-0.15, -0.1) is 0 Å². The van der Waals surface area contributed by atoms with Crippen molar-refractivity contribution in [3.8, 4) is 22.3 Å². The first-order valence-electron chi connectivity index (χ1n) is 14.0. The number of amides is 1. The van der Waals surface area contributed by atoms with E-state index < -0.39 is 23.7 Å². The lowest BCUT2D eigenvalue weighted by Gasteiger charge is -2.16. The fourth-order valence-electron chi connectivity index (χ4n) is 5.00. The molecule has 0 aliphatic rings. The minimum absolute atomic E-state index is 0.0434. The quantitative estimate of drug-likeness (QED) is 0.157. The number of rotatable bonds is 11. The molecule has 3 aromatic carbocycles. The molecule has 8 nitrogen and oxygen atoms in total. The van der Waals surface area contributed by atoms with Crippen LogP contribution in [0.5, 0.6) is 0 Å². The van der Waals surface area contributed by atoms with Crippen LogP contribution in [0.2, 0.25) is 0 Å². The van der Waals surface area contributed by atoms with Crippen molar-refractivity contribution in [2.45, 2.75) is 40.3 Å². The first-order chi connectivity index (χ1) is 20.7. The standard InChI is InChI=1S/C34H33FN2O6/c1-5-42-33(40)25-16-22(17-26(18-25)34(41)43-6-2)19-36-32(39)31-30(23-10-8-7-9-11-23)29(24-12-14-27(35)15-13-24)28(20-38)37(31)21(3)4/h7-18,20-21H,5-6,19H2,1-4H3,(H,36,39). The van der Waals surface area contributed by atoms with Crippen LogP contribution in [0.1, 0.15) is 81.0 Å². The normalized spacial score (nSPS) is 10.8. The molecular weight excluding hydrogens is 551 g/mol. The molecule has 0 saturated heterocycles. The van der Waals surface area contributed by atoms with Crippen LogP contribution < -0.4 is 5.32 Å². The van der Waals surface area contributed by atoms with Crippen LogP contribution in [-0.2, 0) is 16.0 Å². The van der Waals surface area contributed by atoms with Gasteiger partial charge in [-0.05, 0) is 74.7 Å². The maximum Gasteiger partial charge on any atom is 0.338 e.